The summed E-state index contributed by atoms with van der Waals surface area (Å²) < 4.78 is 24.3. The van der Waals surface area contributed by atoms with E-state index in [0.717, 1.165) is 6.42 Å². The first-order valence-electron chi connectivity index (χ1n) is 11.1. The highest BCUT2D eigenvalue weighted by atomic mass is 32.2. The number of benzene rings is 1. The lowest BCUT2D eigenvalue weighted by Crippen LogP contribution is -2.04. The van der Waals surface area contributed by atoms with Crippen molar-refractivity contribution in [2.45, 2.75) is 102 Å². The van der Waals surface area contributed by atoms with Gasteiger partial charge in [0.15, 0.2) is 9.84 Å². The van der Waals surface area contributed by atoms with Gasteiger partial charge in [-0.2, -0.15) is 0 Å². The summed E-state index contributed by atoms with van der Waals surface area (Å²) in [6.45, 7) is 2.27. The van der Waals surface area contributed by atoms with Crippen LogP contribution < -0.4 is 0 Å². The summed E-state index contributed by atoms with van der Waals surface area (Å²) in [5.74, 6) is 0.107. The molecule has 0 aliphatic heterocycles. The van der Waals surface area contributed by atoms with Crippen LogP contribution in [0.4, 0.5) is 0 Å². The van der Waals surface area contributed by atoms with Crippen molar-refractivity contribution < 1.29 is 8.42 Å². The maximum absolute atomic E-state index is 12.1. The van der Waals surface area contributed by atoms with Crippen LogP contribution in [0.15, 0.2) is 47.4 Å². The largest absolute Gasteiger partial charge is 0.223 e. The number of unbranched alkanes of at least 4 members (excludes halogenated alkanes) is 13. The van der Waals surface area contributed by atoms with Gasteiger partial charge in [0.25, 0.3) is 0 Å². The van der Waals surface area contributed by atoms with Crippen molar-refractivity contribution in [2.24, 2.45) is 0 Å². The first-order valence-corrected chi connectivity index (χ1v) is 12.7. The van der Waals surface area contributed by atoms with Crippen molar-refractivity contribution >= 4 is 9.84 Å². The molecule has 0 saturated carbocycles. The summed E-state index contributed by atoms with van der Waals surface area (Å²) in [5.41, 5.74) is 0. The fourth-order valence-electron chi connectivity index (χ4n) is 3.32. The van der Waals surface area contributed by atoms with Gasteiger partial charge in [0.05, 0.1) is 10.6 Å². The van der Waals surface area contributed by atoms with Crippen LogP contribution in [-0.2, 0) is 9.84 Å². The van der Waals surface area contributed by atoms with Gasteiger partial charge in [0.1, 0.15) is 0 Å². The number of allylic oxidation sites excluding steroid dienone is 1. The summed E-state index contributed by atoms with van der Waals surface area (Å²) in [4.78, 5) is 0.413. The molecule has 0 aliphatic rings. The average Bonchev–Trinajstić information content (AvgIpc) is 2.68. The van der Waals surface area contributed by atoms with Crippen LogP contribution >= 0.6 is 0 Å². The number of hydrogen-bond acceptors (Lipinski definition) is 2. The minimum Gasteiger partial charge on any atom is -0.223 e. The number of rotatable bonds is 17. The maximum atomic E-state index is 12.1. The Labute approximate surface area is 168 Å². The van der Waals surface area contributed by atoms with Gasteiger partial charge in [-0.05, 0) is 25.0 Å². The molecule has 1 aromatic carbocycles. The minimum absolute atomic E-state index is 0.107. The standard InChI is InChI=1S/C24H40O2S/c1-2-3-4-5-6-7-8-9-10-11-12-13-14-15-16-20-23-27(25,26)24-21-18-17-19-22-24/h16-22H,2-15,23H2,1H3. The molecule has 3 heteroatoms. The quantitative estimate of drug-likeness (QED) is 0.203. The molecule has 0 unspecified atom stereocenters. The molecular formula is C24H40O2S. The Kier molecular flexibility index (Phi) is 14.1. The lowest BCUT2D eigenvalue weighted by Gasteiger charge is -2.02. The second-order valence-electron chi connectivity index (χ2n) is 7.60. The van der Waals surface area contributed by atoms with Crippen LogP contribution in [0.1, 0.15) is 96.8 Å². The van der Waals surface area contributed by atoms with Crippen molar-refractivity contribution in [3.05, 3.63) is 42.5 Å². The van der Waals surface area contributed by atoms with E-state index in [1.807, 2.05) is 18.2 Å². The first-order chi connectivity index (χ1) is 13.2. The van der Waals surface area contributed by atoms with E-state index >= 15 is 0 Å². The smallest absolute Gasteiger partial charge is 0.181 e. The second-order valence-corrected chi connectivity index (χ2v) is 9.63. The molecule has 0 heterocycles. The monoisotopic (exact) mass is 392 g/mol. The van der Waals surface area contributed by atoms with Crippen LogP contribution in [0.5, 0.6) is 0 Å². The summed E-state index contributed by atoms with van der Waals surface area (Å²) >= 11 is 0. The van der Waals surface area contributed by atoms with E-state index < -0.39 is 9.84 Å². The molecule has 0 radical (unpaired) electrons. The van der Waals surface area contributed by atoms with Gasteiger partial charge < -0.3 is 0 Å². The van der Waals surface area contributed by atoms with Crippen molar-refractivity contribution in [1.82, 2.24) is 0 Å². The lowest BCUT2D eigenvalue weighted by atomic mass is 10.0. The minimum atomic E-state index is -3.17. The normalized spacial score (nSPS) is 12.0. The fourth-order valence-corrected chi connectivity index (χ4v) is 4.47. The molecule has 0 bridgehead atoms. The zero-order valence-electron chi connectivity index (χ0n) is 17.4. The molecular weight excluding hydrogens is 352 g/mol. The van der Waals surface area contributed by atoms with Crippen LogP contribution in [-0.4, -0.2) is 14.2 Å². The molecule has 0 atom stereocenters. The van der Waals surface area contributed by atoms with Gasteiger partial charge in [-0.15, -0.1) is 0 Å². The van der Waals surface area contributed by atoms with Gasteiger partial charge in [0, 0.05) is 0 Å². The highest BCUT2D eigenvalue weighted by Crippen LogP contribution is 2.13. The van der Waals surface area contributed by atoms with Crippen LogP contribution in [0.3, 0.4) is 0 Å². The molecule has 1 rings (SSSR count). The SMILES string of the molecule is CCCCCCCCCCCCCCCC=CCS(=O)(=O)c1ccccc1. The number of hydrogen-bond donors (Lipinski definition) is 0. The summed E-state index contributed by atoms with van der Waals surface area (Å²) in [6, 6.07) is 8.70. The van der Waals surface area contributed by atoms with Crippen LogP contribution in [0.2, 0.25) is 0 Å². The zero-order valence-corrected chi connectivity index (χ0v) is 18.2. The van der Waals surface area contributed by atoms with Crippen molar-refractivity contribution in [3.8, 4) is 0 Å². The molecule has 154 valence electrons. The van der Waals surface area contributed by atoms with Gasteiger partial charge in [-0.25, -0.2) is 8.42 Å². The molecule has 1 aromatic rings. The van der Waals surface area contributed by atoms with E-state index in [-0.39, 0.29) is 5.75 Å². The fraction of sp³-hybridized carbons (Fsp3) is 0.667. The Morgan fingerprint density at radius 2 is 1.15 bits per heavy atom. The third kappa shape index (κ3) is 12.8. The predicted molar refractivity (Wildman–Crippen MR) is 118 cm³/mol. The summed E-state index contributed by atoms with van der Waals surface area (Å²) in [5, 5.41) is 0. The molecule has 0 fully saturated rings. The molecule has 0 aromatic heterocycles. The molecule has 0 aliphatic carbocycles. The predicted octanol–water partition coefficient (Wildman–Crippen LogP) is 7.50. The Hall–Kier alpha value is -1.09. The van der Waals surface area contributed by atoms with Crippen LogP contribution in [0.25, 0.3) is 0 Å². The van der Waals surface area contributed by atoms with Crippen molar-refractivity contribution in [1.29, 1.82) is 0 Å². The van der Waals surface area contributed by atoms with E-state index in [4.69, 9.17) is 0 Å². The van der Waals surface area contributed by atoms with E-state index in [0.29, 0.717) is 4.90 Å². The third-order valence-electron chi connectivity index (χ3n) is 5.06. The Morgan fingerprint density at radius 3 is 1.67 bits per heavy atom. The van der Waals surface area contributed by atoms with E-state index in [1.54, 1.807) is 24.3 Å². The molecule has 0 amide bonds. The Balaban J connectivity index is 1.91. The summed E-state index contributed by atoms with van der Waals surface area (Å²) in [7, 11) is -3.17. The van der Waals surface area contributed by atoms with Gasteiger partial charge >= 0.3 is 0 Å². The van der Waals surface area contributed by atoms with E-state index in [2.05, 4.69) is 6.92 Å². The molecule has 0 saturated heterocycles. The Morgan fingerprint density at radius 1 is 0.667 bits per heavy atom. The van der Waals surface area contributed by atoms with Gasteiger partial charge in [0.2, 0.25) is 0 Å². The van der Waals surface area contributed by atoms with Crippen molar-refractivity contribution in [2.75, 3.05) is 5.75 Å². The van der Waals surface area contributed by atoms with Gasteiger partial charge in [-0.3, -0.25) is 0 Å². The highest BCUT2D eigenvalue weighted by Gasteiger charge is 2.10. The van der Waals surface area contributed by atoms with E-state index in [9.17, 15) is 8.42 Å². The highest BCUT2D eigenvalue weighted by molar-refractivity contribution is 7.91. The van der Waals surface area contributed by atoms with Crippen LogP contribution in [0, 0.1) is 0 Å². The molecule has 0 N–H and O–H groups in total. The second kappa shape index (κ2) is 15.9. The lowest BCUT2D eigenvalue weighted by molar-refractivity contribution is 0.540. The molecule has 2 nitrogen and oxygen atoms in total. The third-order valence-corrected chi connectivity index (χ3v) is 6.68. The number of sulfone groups is 1. The molecule has 0 spiro atoms. The van der Waals surface area contributed by atoms with E-state index in [1.165, 1.54) is 83.5 Å². The summed E-state index contributed by atoms with van der Waals surface area (Å²) in [6.07, 6.45) is 22.5. The molecule has 27 heavy (non-hydrogen) atoms. The first kappa shape index (κ1) is 23.9. The maximum Gasteiger partial charge on any atom is 0.181 e. The average molecular weight is 393 g/mol. The topological polar surface area (TPSA) is 34.1 Å². The van der Waals surface area contributed by atoms with Crippen molar-refractivity contribution in [3.63, 3.8) is 0 Å². The zero-order chi connectivity index (χ0) is 19.6. The van der Waals surface area contributed by atoms with Gasteiger partial charge in [-0.1, -0.05) is 114 Å². The Bertz CT molecular complexity index is 576.